The van der Waals surface area contributed by atoms with Gasteiger partial charge in [-0.2, -0.15) is 11.8 Å². The summed E-state index contributed by atoms with van der Waals surface area (Å²) < 4.78 is 0. The van der Waals surface area contributed by atoms with Gasteiger partial charge in [0.25, 0.3) is 0 Å². The van der Waals surface area contributed by atoms with E-state index in [2.05, 4.69) is 62.1 Å². The van der Waals surface area contributed by atoms with Crippen LogP contribution in [0.5, 0.6) is 0 Å². The molecule has 0 spiro atoms. The smallest absolute Gasteiger partial charge is 0.0443 e. The number of hydrogen-bond acceptors (Lipinski definition) is 2. The normalized spacial score (nSPS) is 22.6. The van der Waals surface area contributed by atoms with E-state index in [1.807, 2.05) is 0 Å². The first-order valence-corrected chi connectivity index (χ1v) is 9.20. The summed E-state index contributed by atoms with van der Waals surface area (Å²) in [6, 6.07) is 9.60. The van der Waals surface area contributed by atoms with Gasteiger partial charge in [0, 0.05) is 11.3 Å². The minimum absolute atomic E-state index is 0.539. The molecule has 2 rings (SSSR count). The number of nitrogens with one attached hydrogen (secondary N) is 1. The summed E-state index contributed by atoms with van der Waals surface area (Å²) in [6.07, 6.45) is 5.13. The molecule has 0 fully saturated rings. The molecule has 0 amide bonds. The third-order valence-corrected chi connectivity index (χ3v) is 5.75. The number of thioether (sulfide) groups is 1. The van der Waals surface area contributed by atoms with E-state index in [4.69, 9.17) is 0 Å². The Morgan fingerprint density at radius 3 is 2.85 bits per heavy atom. The predicted octanol–water partition coefficient (Wildman–Crippen LogP) is 4.82. The van der Waals surface area contributed by atoms with Crippen molar-refractivity contribution in [2.45, 2.75) is 57.7 Å². The lowest BCUT2D eigenvalue weighted by molar-refractivity contribution is 0.500. The highest BCUT2D eigenvalue weighted by molar-refractivity contribution is 7.99. The van der Waals surface area contributed by atoms with Gasteiger partial charge in [-0.05, 0) is 55.0 Å². The molecule has 0 heterocycles. The summed E-state index contributed by atoms with van der Waals surface area (Å²) in [5.74, 6) is 2.06. The molecule has 1 aliphatic rings. The molecule has 0 saturated heterocycles. The van der Waals surface area contributed by atoms with Crippen LogP contribution < -0.4 is 5.32 Å². The summed E-state index contributed by atoms with van der Waals surface area (Å²) in [5, 5.41) is 4.55. The van der Waals surface area contributed by atoms with Gasteiger partial charge in [0.05, 0.1) is 0 Å². The van der Waals surface area contributed by atoms with Crippen molar-refractivity contribution < 1.29 is 0 Å². The van der Waals surface area contributed by atoms with Crippen molar-refractivity contribution in [2.75, 3.05) is 12.3 Å². The van der Waals surface area contributed by atoms with Gasteiger partial charge in [-0.25, -0.2) is 0 Å². The third-order valence-electron chi connectivity index (χ3n) is 3.95. The Morgan fingerprint density at radius 1 is 1.30 bits per heavy atom. The van der Waals surface area contributed by atoms with Crippen LogP contribution in [0.3, 0.4) is 0 Å². The topological polar surface area (TPSA) is 12.0 Å². The fraction of sp³-hybridized carbons (Fsp3) is 0.667. The minimum atomic E-state index is 0.539. The predicted molar refractivity (Wildman–Crippen MR) is 91.5 cm³/mol. The lowest BCUT2D eigenvalue weighted by Gasteiger charge is -2.28. The first kappa shape index (κ1) is 15.9. The van der Waals surface area contributed by atoms with E-state index in [0.717, 1.165) is 17.7 Å². The molecule has 20 heavy (non-hydrogen) atoms. The van der Waals surface area contributed by atoms with Crippen LogP contribution in [0.25, 0.3) is 0 Å². The Morgan fingerprint density at radius 2 is 2.10 bits per heavy atom. The van der Waals surface area contributed by atoms with E-state index in [-0.39, 0.29) is 0 Å². The van der Waals surface area contributed by atoms with E-state index in [0.29, 0.717) is 6.04 Å². The van der Waals surface area contributed by atoms with Gasteiger partial charge in [-0.3, -0.25) is 0 Å². The molecule has 0 bridgehead atoms. The summed E-state index contributed by atoms with van der Waals surface area (Å²) in [5.41, 5.74) is 3.12. The van der Waals surface area contributed by atoms with Crippen molar-refractivity contribution in [3.05, 3.63) is 35.4 Å². The fourth-order valence-corrected chi connectivity index (χ4v) is 4.36. The molecule has 0 saturated carbocycles. The molecule has 1 nitrogen and oxygen atoms in total. The van der Waals surface area contributed by atoms with E-state index in [1.165, 1.54) is 31.4 Å². The van der Waals surface area contributed by atoms with Crippen molar-refractivity contribution in [3.63, 3.8) is 0 Å². The van der Waals surface area contributed by atoms with Gasteiger partial charge in [-0.15, -0.1) is 0 Å². The Labute approximate surface area is 128 Å². The molecule has 1 aromatic rings. The second-order valence-corrected chi connectivity index (χ2v) is 7.56. The maximum atomic E-state index is 3.82. The zero-order chi connectivity index (χ0) is 14.4. The third kappa shape index (κ3) is 4.26. The average molecular weight is 292 g/mol. The van der Waals surface area contributed by atoms with Crippen LogP contribution in [0.1, 0.15) is 57.2 Å². The van der Waals surface area contributed by atoms with Crippen LogP contribution in [-0.4, -0.2) is 17.5 Å². The first-order valence-electron chi connectivity index (χ1n) is 8.15. The largest absolute Gasteiger partial charge is 0.309 e. The van der Waals surface area contributed by atoms with E-state index >= 15 is 0 Å². The Balaban J connectivity index is 2.17. The van der Waals surface area contributed by atoms with Gasteiger partial charge >= 0.3 is 0 Å². The molecule has 0 aromatic heterocycles. The maximum Gasteiger partial charge on any atom is 0.0443 e. The van der Waals surface area contributed by atoms with Crippen LogP contribution in [0.2, 0.25) is 0 Å². The molecule has 0 aliphatic heterocycles. The average Bonchev–Trinajstić information content (AvgIpc) is 2.62. The summed E-state index contributed by atoms with van der Waals surface area (Å²) in [6.45, 7) is 8.03. The zero-order valence-electron chi connectivity index (χ0n) is 13.2. The molecule has 2 unspecified atom stereocenters. The van der Waals surface area contributed by atoms with Gasteiger partial charge in [0.1, 0.15) is 0 Å². The molecule has 1 aromatic carbocycles. The lowest BCUT2D eigenvalue weighted by Crippen LogP contribution is -2.31. The standard InChI is InChI=1S/C18H29NS/c1-4-12-19-18-16-10-6-5-8-15(16)9-7-11-17(18)20-13-14(2)3/h5-6,8,10,14,17-19H,4,7,9,11-13H2,1-3H3. The van der Waals surface area contributed by atoms with Crippen molar-refractivity contribution >= 4 is 11.8 Å². The van der Waals surface area contributed by atoms with Crippen molar-refractivity contribution in [2.24, 2.45) is 5.92 Å². The molecule has 1 aliphatic carbocycles. The van der Waals surface area contributed by atoms with Crippen LogP contribution in [-0.2, 0) is 6.42 Å². The van der Waals surface area contributed by atoms with Gasteiger partial charge < -0.3 is 5.32 Å². The van der Waals surface area contributed by atoms with Gasteiger partial charge in [0.15, 0.2) is 0 Å². The number of rotatable bonds is 6. The zero-order valence-corrected chi connectivity index (χ0v) is 14.0. The van der Waals surface area contributed by atoms with Crippen molar-refractivity contribution in [3.8, 4) is 0 Å². The van der Waals surface area contributed by atoms with Crippen molar-refractivity contribution in [1.82, 2.24) is 5.32 Å². The second kappa shape index (κ2) is 8.09. The summed E-state index contributed by atoms with van der Waals surface area (Å²) in [4.78, 5) is 0. The molecular weight excluding hydrogens is 262 g/mol. The second-order valence-electron chi connectivity index (χ2n) is 6.29. The number of fused-ring (bicyclic) bond motifs is 1. The number of benzene rings is 1. The molecule has 1 N–H and O–H groups in total. The maximum absolute atomic E-state index is 3.82. The first-order chi connectivity index (χ1) is 9.72. The molecule has 2 atom stereocenters. The van der Waals surface area contributed by atoms with Crippen LogP contribution in [0.4, 0.5) is 0 Å². The molecule has 0 radical (unpaired) electrons. The molecular formula is C18H29NS. The highest BCUT2D eigenvalue weighted by atomic mass is 32.2. The van der Waals surface area contributed by atoms with Gasteiger partial charge in [-0.1, -0.05) is 45.0 Å². The summed E-state index contributed by atoms with van der Waals surface area (Å²) in [7, 11) is 0. The molecule has 2 heteroatoms. The Bertz CT molecular complexity index is 402. The Hall–Kier alpha value is -0.470. The number of hydrogen-bond donors (Lipinski definition) is 1. The monoisotopic (exact) mass is 291 g/mol. The van der Waals surface area contributed by atoms with Crippen LogP contribution in [0, 0.1) is 5.92 Å². The number of aryl methyl sites for hydroxylation is 1. The Kier molecular flexibility index (Phi) is 6.44. The van der Waals surface area contributed by atoms with Crippen LogP contribution in [0.15, 0.2) is 24.3 Å². The van der Waals surface area contributed by atoms with E-state index in [9.17, 15) is 0 Å². The SMILES string of the molecule is CCCNC1c2ccccc2CCCC1SCC(C)C. The van der Waals surface area contributed by atoms with Crippen molar-refractivity contribution in [1.29, 1.82) is 0 Å². The summed E-state index contributed by atoms with van der Waals surface area (Å²) >= 11 is 2.18. The van der Waals surface area contributed by atoms with E-state index < -0.39 is 0 Å². The molecule has 112 valence electrons. The minimum Gasteiger partial charge on any atom is -0.309 e. The van der Waals surface area contributed by atoms with Crippen LogP contribution >= 0.6 is 11.8 Å². The lowest BCUT2D eigenvalue weighted by atomic mass is 9.99. The fourth-order valence-electron chi connectivity index (χ4n) is 2.96. The highest BCUT2D eigenvalue weighted by Crippen LogP contribution is 2.36. The highest BCUT2D eigenvalue weighted by Gasteiger charge is 2.27. The van der Waals surface area contributed by atoms with Gasteiger partial charge in [0.2, 0.25) is 0 Å². The van der Waals surface area contributed by atoms with E-state index in [1.54, 1.807) is 11.1 Å². The quantitative estimate of drug-likeness (QED) is 0.754.